The number of nitrogens with zero attached hydrogens (tertiary/aromatic N) is 4. The van der Waals surface area contributed by atoms with Crippen molar-refractivity contribution >= 4 is 46.0 Å². The van der Waals surface area contributed by atoms with Gasteiger partial charge in [0.05, 0.1) is 25.2 Å². The van der Waals surface area contributed by atoms with Crippen molar-refractivity contribution in [3.8, 4) is 0 Å². The Morgan fingerprint density at radius 2 is 2.19 bits per heavy atom. The smallest absolute Gasteiger partial charge is 0.280 e. The average molecular weight is 389 g/mol. The quantitative estimate of drug-likeness (QED) is 0.554. The van der Waals surface area contributed by atoms with E-state index < -0.39 is 11.5 Å². The van der Waals surface area contributed by atoms with Crippen LogP contribution >= 0.6 is 11.6 Å². The summed E-state index contributed by atoms with van der Waals surface area (Å²) in [5.41, 5.74) is 1.07. The molecule has 0 unspecified atom stereocenters. The van der Waals surface area contributed by atoms with Crippen LogP contribution in [-0.4, -0.2) is 49.5 Å². The monoisotopic (exact) mass is 388 g/mol. The molecule has 11 heteroatoms. The third-order valence-corrected chi connectivity index (χ3v) is 4.08. The van der Waals surface area contributed by atoms with Gasteiger partial charge in [-0.2, -0.15) is 4.98 Å². The number of imidazole rings is 1. The number of aliphatic hydroxyl groups excluding tert-OH is 1. The first-order chi connectivity index (χ1) is 13.1. The van der Waals surface area contributed by atoms with Gasteiger partial charge in [0.15, 0.2) is 11.2 Å². The molecule has 0 aliphatic carbocycles. The minimum Gasteiger partial charge on any atom is -0.394 e. The normalized spacial score (nSPS) is 14.7. The predicted molar refractivity (Wildman–Crippen MR) is 97.5 cm³/mol. The summed E-state index contributed by atoms with van der Waals surface area (Å²) >= 11 is 6.00. The van der Waals surface area contributed by atoms with Gasteiger partial charge in [-0.05, 0) is 18.2 Å². The number of nitrogens with one attached hydrogen (secondary N) is 2. The molecule has 3 aromatic rings. The summed E-state index contributed by atoms with van der Waals surface area (Å²) in [6.45, 7) is 0.0643. The maximum atomic E-state index is 12.3. The van der Waals surface area contributed by atoms with Crippen LogP contribution in [0, 0.1) is 0 Å². The highest BCUT2D eigenvalue weighted by atomic mass is 35.5. The first-order valence-corrected chi connectivity index (χ1v) is 8.28. The first kappa shape index (κ1) is 17.3. The average Bonchev–Trinajstić information content (AvgIpc) is 3.17. The number of aliphatic hydroxyl groups is 1. The van der Waals surface area contributed by atoms with Gasteiger partial charge >= 0.3 is 0 Å². The summed E-state index contributed by atoms with van der Waals surface area (Å²) in [6.07, 6.45) is 1.40. The molecule has 1 aromatic carbocycles. The lowest BCUT2D eigenvalue weighted by molar-refractivity contribution is -0.110. The zero-order valence-corrected chi connectivity index (χ0v) is 14.5. The van der Waals surface area contributed by atoms with Crippen LogP contribution in [0.3, 0.4) is 0 Å². The Morgan fingerprint density at radius 3 is 3.00 bits per heavy atom. The van der Waals surface area contributed by atoms with Crippen LogP contribution < -0.4 is 10.9 Å². The van der Waals surface area contributed by atoms with Gasteiger partial charge in [0.25, 0.3) is 11.5 Å². The fraction of sp³-hybridized carbons (Fsp3) is 0.188. The molecule has 3 N–H and O–H groups in total. The van der Waals surface area contributed by atoms with E-state index in [9.17, 15) is 9.59 Å². The van der Waals surface area contributed by atoms with Gasteiger partial charge in [-0.15, -0.1) is 0 Å². The van der Waals surface area contributed by atoms with Crippen molar-refractivity contribution in [3.63, 3.8) is 0 Å². The number of hydrogen-bond acceptors (Lipinski definition) is 7. The van der Waals surface area contributed by atoms with Gasteiger partial charge in [0.1, 0.15) is 12.4 Å². The van der Waals surface area contributed by atoms with Crippen molar-refractivity contribution in [2.75, 3.05) is 18.5 Å². The first-order valence-electron chi connectivity index (χ1n) is 7.90. The highest BCUT2D eigenvalue weighted by Crippen LogP contribution is 2.27. The Hall–Kier alpha value is -3.08. The Labute approximate surface area is 156 Å². The van der Waals surface area contributed by atoms with E-state index in [0.29, 0.717) is 16.3 Å². The zero-order chi connectivity index (χ0) is 19.0. The van der Waals surface area contributed by atoms with Gasteiger partial charge in [-0.25, -0.2) is 9.98 Å². The maximum absolute atomic E-state index is 12.3. The third-order valence-electron chi connectivity index (χ3n) is 3.85. The lowest BCUT2D eigenvalue weighted by Gasteiger charge is -2.04. The second-order valence-electron chi connectivity index (χ2n) is 5.64. The molecule has 2 aromatic heterocycles. The van der Waals surface area contributed by atoms with E-state index in [1.807, 2.05) is 0 Å². The summed E-state index contributed by atoms with van der Waals surface area (Å²) < 4.78 is 6.73. The molecule has 0 bridgehead atoms. The van der Waals surface area contributed by atoms with E-state index in [0.717, 1.165) is 0 Å². The minimum absolute atomic E-state index is 0.0469. The minimum atomic E-state index is -0.495. The molecule has 0 spiro atoms. The number of anilines is 1. The molecule has 0 saturated heterocycles. The number of hydrogen-bond donors (Lipinski definition) is 3. The summed E-state index contributed by atoms with van der Waals surface area (Å²) in [7, 11) is 0. The van der Waals surface area contributed by atoms with Crippen LogP contribution in [0.25, 0.3) is 11.2 Å². The molecule has 10 nitrogen and oxygen atoms in total. The summed E-state index contributed by atoms with van der Waals surface area (Å²) in [6, 6.07) is 4.93. The van der Waals surface area contributed by atoms with Crippen molar-refractivity contribution < 1.29 is 14.6 Å². The fourth-order valence-corrected chi connectivity index (χ4v) is 2.83. The molecule has 1 aliphatic heterocycles. The molecule has 4 rings (SSSR count). The summed E-state index contributed by atoms with van der Waals surface area (Å²) in [5.74, 6) is -0.468. The van der Waals surface area contributed by atoms with Crippen LogP contribution in [0.1, 0.15) is 5.56 Å². The maximum Gasteiger partial charge on any atom is 0.280 e. The molecule has 3 heterocycles. The van der Waals surface area contributed by atoms with E-state index in [2.05, 4.69) is 25.3 Å². The standard InChI is InChI=1S/C16H13ClN6O4/c17-8-1-2-10-9(5-8)11(14(25)19-10)20-16-21-13-12(15(26)22-16)18-6-23(13)7-27-4-3-24/h1-2,5-6,24H,3-4,7H2,(H2,19,20,21,22,25,26). The third kappa shape index (κ3) is 3.21. The molecule has 0 saturated carbocycles. The largest absolute Gasteiger partial charge is 0.394 e. The highest BCUT2D eigenvalue weighted by molar-refractivity contribution is 6.54. The van der Waals surface area contributed by atoms with Crippen LogP contribution in [0.15, 0.2) is 34.3 Å². The fourth-order valence-electron chi connectivity index (χ4n) is 2.66. The number of halogens is 1. The van der Waals surface area contributed by atoms with Gasteiger partial charge < -0.3 is 15.2 Å². The number of H-pyrrole nitrogens is 1. The van der Waals surface area contributed by atoms with Crippen LogP contribution in [0.5, 0.6) is 0 Å². The summed E-state index contributed by atoms with van der Waals surface area (Å²) in [4.78, 5) is 39.5. The lowest BCUT2D eigenvalue weighted by Crippen LogP contribution is -2.15. The number of aromatic amines is 1. The van der Waals surface area contributed by atoms with Crippen molar-refractivity contribution in [1.82, 2.24) is 19.5 Å². The lowest BCUT2D eigenvalue weighted by atomic mass is 10.1. The molecule has 138 valence electrons. The molecule has 0 radical (unpaired) electrons. The van der Waals surface area contributed by atoms with Crippen LogP contribution in [-0.2, 0) is 16.3 Å². The van der Waals surface area contributed by atoms with Crippen LogP contribution in [0.2, 0.25) is 5.02 Å². The molecular formula is C16H13ClN6O4. The van der Waals surface area contributed by atoms with Crippen molar-refractivity contribution in [3.05, 3.63) is 45.5 Å². The highest BCUT2D eigenvalue weighted by Gasteiger charge is 2.26. The molecule has 0 atom stereocenters. The van der Waals surface area contributed by atoms with Crippen molar-refractivity contribution in [2.24, 2.45) is 4.99 Å². The number of amides is 1. The zero-order valence-electron chi connectivity index (χ0n) is 13.8. The Balaban J connectivity index is 1.77. The number of aromatic nitrogens is 4. The molecule has 1 amide bonds. The summed E-state index contributed by atoms with van der Waals surface area (Å²) in [5, 5.41) is 11.9. The van der Waals surface area contributed by atoms with Gasteiger partial charge in [0.2, 0.25) is 5.95 Å². The Bertz CT molecular complexity index is 1140. The number of rotatable bonds is 5. The molecular weight excluding hydrogens is 376 g/mol. The Morgan fingerprint density at radius 1 is 1.33 bits per heavy atom. The molecule has 27 heavy (non-hydrogen) atoms. The van der Waals surface area contributed by atoms with Gasteiger partial charge in [-0.1, -0.05) is 11.6 Å². The number of benzene rings is 1. The van der Waals surface area contributed by atoms with Crippen molar-refractivity contribution in [1.29, 1.82) is 0 Å². The van der Waals surface area contributed by atoms with Gasteiger partial charge in [-0.3, -0.25) is 19.1 Å². The Kier molecular flexibility index (Phi) is 4.44. The van der Waals surface area contributed by atoms with E-state index in [-0.39, 0.29) is 42.8 Å². The topological polar surface area (TPSA) is 134 Å². The predicted octanol–water partition coefficient (Wildman–Crippen LogP) is 0.812. The second-order valence-corrected chi connectivity index (χ2v) is 6.08. The number of ether oxygens (including phenoxy) is 1. The van der Waals surface area contributed by atoms with E-state index in [1.54, 1.807) is 18.2 Å². The number of carbonyl (C=O) groups excluding carboxylic acids is 1. The van der Waals surface area contributed by atoms with E-state index in [1.165, 1.54) is 10.9 Å². The number of aliphatic imine (C=N–C) groups is 1. The number of fused-ring (bicyclic) bond motifs is 2. The van der Waals surface area contributed by atoms with Crippen LogP contribution in [0.4, 0.5) is 11.6 Å². The van der Waals surface area contributed by atoms with Gasteiger partial charge in [0, 0.05) is 10.6 Å². The molecule has 0 fully saturated rings. The van der Waals surface area contributed by atoms with E-state index in [4.69, 9.17) is 21.4 Å². The molecule has 1 aliphatic rings. The number of carbonyl (C=O) groups is 1. The SMILES string of the molecule is O=C1Nc2ccc(Cl)cc2C1=Nc1nc2c(ncn2COCCO)c(=O)[nH]1. The van der Waals surface area contributed by atoms with E-state index >= 15 is 0 Å². The second kappa shape index (κ2) is 6.91. The van der Waals surface area contributed by atoms with Crippen molar-refractivity contribution in [2.45, 2.75) is 6.73 Å².